The molecule has 0 aliphatic carbocycles. The number of fused-ring (bicyclic) bond motifs is 1. The first-order valence-corrected chi connectivity index (χ1v) is 7.42. The van der Waals surface area contributed by atoms with E-state index in [9.17, 15) is 0 Å². The molecule has 0 saturated heterocycles. The van der Waals surface area contributed by atoms with E-state index in [1.54, 1.807) is 0 Å². The second kappa shape index (κ2) is 6.10. The van der Waals surface area contributed by atoms with Crippen LogP contribution in [-0.4, -0.2) is 19.6 Å². The van der Waals surface area contributed by atoms with Gasteiger partial charge in [-0.2, -0.15) is 0 Å². The molecule has 0 spiro atoms. The van der Waals surface area contributed by atoms with Crippen molar-refractivity contribution in [2.24, 2.45) is 0 Å². The van der Waals surface area contributed by atoms with Crippen molar-refractivity contribution in [1.29, 1.82) is 0 Å². The van der Waals surface area contributed by atoms with Crippen LogP contribution in [0.15, 0.2) is 48.5 Å². The van der Waals surface area contributed by atoms with E-state index in [1.807, 2.05) is 0 Å². The molecule has 104 valence electrons. The number of hydrogen-bond acceptors (Lipinski definition) is 2. The highest BCUT2D eigenvalue weighted by molar-refractivity contribution is 5.60. The average molecular weight is 266 g/mol. The van der Waals surface area contributed by atoms with E-state index in [4.69, 9.17) is 0 Å². The molecular weight excluding hydrogens is 244 g/mol. The molecule has 1 aliphatic heterocycles. The minimum absolute atomic E-state index is 0.985. The normalized spacial score (nSPS) is 14.8. The van der Waals surface area contributed by atoms with E-state index >= 15 is 0 Å². The first-order valence-electron chi connectivity index (χ1n) is 7.42. The maximum atomic E-state index is 3.52. The van der Waals surface area contributed by atoms with Crippen LogP contribution in [0, 0.1) is 6.92 Å². The number of hydrogen-bond donors (Lipinski definition) is 1. The molecule has 1 N–H and O–H groups in total. The first kappa shape index (κ1) is 13.2. The molecule has 0 radical (unpaired) electrons. The molecule has 2 aromatic carbocycles. The molecule has 0 amide bonds. The second-order valence-electron chi connectivity index (χ2n) is 5.48. The molecule has 0 aromatic heterocycles. The molecule has 2 nitrogen and oxygen atoms in total. The Balaban J connectivity index is 1.80. The van der Waals surface area contributed by atoms with Gasteiger partial charge >= 0.3 is 0 Å². The predicted molar refractivity (Wildman–Crippen MR) is 85.2 cm³/mol. The van der Waals surface area contributed by atoms with Crippen molar-refractivity contribution in [2.75, 3.05) is 24.5 Å². The van der Waals surface area contributed by atoms with Crippen LogP contribution in [0.1, 0.15) is 16.7 Å². The monoisotopic (exact) mass is 266 g/mol. The molecule has 1 aliphatic rings. The molecule has 0 unspecified atom stereocenters. The number of nitrogens with one attached hydrogen (secondary N) is 1. The van der Waals surface area contributed by atoms with Crippen molar-refractivity contribution in [2.45, 2.75) is 19.9 Å². The summed E-state index contributed by atoms with van der Waals surface area (Å²) in [6.07, 6.45) is 1.11. The summed E-state index contributed by atoms with van der Waals surface area (Å²) in [4.78, 5) is 2.54. The van der Waals surface area contributed by atoms with Gasteiger partial charge in [0.1, 0.15) is 0 Å². The maximum Gasteiger partial charge on any atom is 0.0442 e. The Morgan fingerprint density at radius 3 is 2.75 bits per heavy atom. The lowest BCUT2D eigenvalue weighted by molar-refractivity contribution is 0.686. The third-order valence-electron chi connectivity index (χ3n) is 4.02. The molecule has 2 aromatic rings. The third kappa shape index (κ3) is 2.86. The van der Waals surface area contributed by atoms with Crippen molar-refractivity contribution in [3.63, 3.8) is 0 Å². The highest BCUT2D eigenvalue weighted by Crippen LogP contribution is 2.26. The second-order valence-corrected chi connectivity index (χ2v) is 5.48. The molecule has 0 atom stereocenters. The van der Waals surface area contributed by atoms with Gasteiger partial charge in [-0.1, -0.05) is 48.5 Å². The van der Waals surface area contributed by atoms with Gasteiger partial charge in [0.25, 0.3) is 0 Å². The molecule has 20 heavy (non-hydrogen) atoms. The summed E-state index contributed by atoms with van der Waals surface area (Å²) < 4.78 is 0. The molecule has 0 bridgehead atoms. The van der Waals surface area contributed by atoms with E-state index in [1.165, 1.54) is 22.4 Å². The Labute approximate surface area is 121 Å². The SMILES string of the molecule is Cc1cccc2c1N(CCc1ccccc1)CCNC2. The van der Waals surface area contributed by atoms with E-state index < -0.39 is 0 Å². The number of benzene rings is 2. The predicted octanol–water partition coefficient (Wildman–Crippen LogP) is 3.15. The minimum Gasteiger partial charge on any atom is -0.369 e. The van der Waals surface area contributed by atoms with Gasteiger partial charge in [-0.05, 0) is 30.0 Å². The summed E-state index contributed by atoms with van der Waals surface area (Å²) in [7, 11) is 0. The van der Waals surface area contributed by atoms with Crippen LogP contribution in [0.2, 0.25) is 0 Å². The summed E-state index contributed by atoms with van der Waals surface area (Å²) >= 11 is 0. The fourth-order valence-electron chi connectivity index (χ4n) is 3.00. The van der Waals surface area contributed by atoms with Gasteiger partial charge in [0.05, 0.1) is 0 Å². The average Bonchev–Trinajstić information content (AvgIpc) is 2.69. The van der Waals surface area contributed by atoms with Crippen molar-refractivity contribution in [3.8, 4) is 0 Å². The number of nitrogens with zero attached hydrogens (tertiary/aromatic N) is 1. The first-order chi connectivity index (χ1) is 9.84. The Hall–Kier alpha value is -1.80. The van der Waals surface area contributed by atoms with E-state index in [-0.39, 0.29) is 0 Å². The highest BCUT2D eigenvalue weighted by Gasteiger charge is 2.16. The van der Waals surface area contributed by atoms with Crippen LogP contribution >= 0.6 is 0 Å². The van der Waals surface area contributed by atoms with Gasteiger partial charge in [-0.3, -0.25) is 0 Å². The quantitative estimate of drug-likeness (QED) is 0.918. The Bertz CT molecular complexity index is 563. The zero-order valence-corrected chi connectivity index (χ0v) is 12.1. The van der Waals surface area contributed by atoms with Gasteiger partial charge in [0.15, 0.2) is 0 Å². The number of para-hydroxylation sites is 1. The van der Waals surface area contributed by atoms with Gasteiger partial charge in [0.2, 0.25) is 0 Å². The van der Waals surface area contributed by atoms with Crippen LogP contribution in [0.4, 0.5) is 5.69 Å². The smallest absolute Gasteiger partial charge is 0.0442 e. The van der Waals surface area contributed by atoms with Gasteiger partial charge in [-0.25, -0.2) is 0 Å². The zero-order chi connectivity index (χ0) is 13.8. The Morgan fingerprint density at radius 1 is 1.05 bits per heavy atom. The lowest BCUT2D eigenvalue weighted by atomic mass is 10.1. The third-order valence-corrected chi connectivity index (χ3v) is 4.02. The molecule has 2 heteroatoms. The Kier molecular flexibility index (Phi) is 4.03. The lowest BCUT2D eigenvalue weighted by Crippen LogP contribution is -2.31. The number of anilines is 1. The van der Waals surface area contributed by atoms with Crippen molar-refractivity contribution in [3.05, 3.63) is 65.2 Å². The van der Waals surface area contributed by atoms with Crippen molar-refractivity contribution in [1.82, 2.24) is 5.32 Å². The molecule has 0 saturated carbocycles. The standard InChI is InChI=1S/C18H22N2/c1-15-6-5-9-17-14-19-11-13-20(18(15)17)12-10-16-7-3-2-4-8-16/h2-9,19H,10-14H2,1H3. The van der Waals surface area contributed by atoms with Crippen LogP contribution in [0.25, 0.3) is 0 Å². The van der Waals surface area contributed by atoms with Crippen molar-refractivity contribution >= 4 is 5.69 Å². The molecule has 0 fully saturated rings. The summed E-state index contributed by atoms with van der Waals surface area (Å²) in [5.74, 6) is 0. The van der Waals surface area contributed by atoms with Crippen LogP contribution < -0.4 is 10.2 Å². The Morgan fingerprint density at radius 2 is 1.90 bits per heavy atom. The van der Waals surface area contributed by atoms with E-state index in [2.05, 4.69) is 65.7 Å². The summed E-state index contributed by atoms with van der Waals surface area (Å²) in [6.45, 7) is 6.44. The topological polar surface area (TPSA) is 15.3 Å². The fraction of sp³-hybridized carbons (Fsp3) is 0.333. The summed E-state index contributed by atoms with van der Waals surface area (Å²) in [5, 5.41) is 3.52. The molecular formula is C18H22N2. The van der Waals surface area contributed by atoms with E-state index in [0.717, 1.165) is 32.6 Å². The van der Waals surface area contributed by atoms with Crippen molar-refractivity contribution < 1.29 is 0 Å². The summed E-state index contributed by atoms with van der Waals surface area (Å²) in [6, 6.07) is 17.4. The minimum atomic E-state index is 0.985. The zero-order valence-electron chi connectivity index (χ0n) is 12.1. The van der Waals surface area contributed by atoms with Crippen LogP contribution in [0.5, 0.6) is 0 Å². The van der Waals surface area contributed by atoms with Gasteiger partial charge in [0, 0.05) is 31.9 Å². The lowest BCUT2D eigenvalue weighted by Gasteiger charge is -2.26. The highest BCUT2D eigenvalue weighted by atomic mass is 15.2. The molecule has 1 heterocycles. The van der Waals surface area contributed by atoms with E-state index in [0.29, 0.717) is 0 Å². The number of aryl methyl sites for hydroxylation is 1. The fourth-order valence-corrected chi connectivity index (χ4v) is 3.00. The summed E-state index contributed by atoms with van der Waals surface area (Å²) in [5.41, 5.74) is 5.67. The largest absolute Gasteiger partial charge is 0.369 e. The maximum absolute atomic E-state index is 3.52. The van der Waals surface area contributed by atoms with Gasteiger partial charge < -0.3 is 10.2 Å². The van der Waals surface area contributed by atoms with Crippen LogP contribution in [-0.2, 0) is 13.0 Å². The van der Waals surface area contributed by atoms with Crippen LogP contribution in [0.3, 0.4) is 0 Å². The van der Waals surface area contributed by atoms with Gasteiger partial charge in [-0.15, -0.1) is 0 Å². The molecule has 3 rings (SSSR count). The number of rotatable bonds is 3.